The van der Waals surface area contributed by atoms with Crippen LogP contribution in [-0.2, 0) is 6.54 Å². The number of fused-ring (bicyclic) bond motifs is 1. The van der Waals surface area contributed by atoms with E-state index < -0.39 is 0 Å². The van der Waals surface area contributed by atoms with Crippen molar-refractivity contribution in [2.75, 3.05) is 42.9 Å². The lowest BCUT2D eigenvalue weighted by atomic mass is 10.2. The van der Waals surface area contributed by atoms with Crippen LogP contribution < -0.4 is 10.2 Å². The molecular weight excluding hydrogens is 360 g/mol. The Morgan fingerprint density at radius 2 is 1.89 bits per heavy atom. The molecule has 1 aliphatic heterocycles. The lowest BCUT2D eigenvalue weighted by Crippen LogP contribution is -2.46. The van der Waals surface area contributed by atoms with Crippen LogP contribution >= 0.6 is 11.6 Å². The maximum Gasteiger partial charge on any atom is 0.137 e. The van der Waals surface area contributed by atoms with Gasteiger partial charge in [0.2, 0.25) is 0 Å². The summed E-state index contributed by atoms with van der Waals surface area (Å²) < 4.78 is 0. The van der Waals surface area contributed by atoms with Crippen LogP contribution in [0, 0.1) is 0 Å². The molecule has 140 valence electrons. The summed E-state index contributed by atoms with van der Waals surface area (Å²) in [5.74, 6) is 1.86. The van der Waals surface area contributed by atoms with E-state index in [1.54, 1.807) is 6.33 Å². The molecule has 0 spiro atoms. The second-order valence-corrected chi connectivity index (χ2v) is 7.12. The molecular formula is C20H23ClN6. The molecule has 1 aromatic carbocycles. The molecule has 1 fully saturated rings. The minimum Gasteiger partial charge on any atom is -0.365 e. The number of hydrogen-bond donors (Lipinski definition) is 1. The van der Waals surface area contributed by atoms with E-state index in [0.29, 0.717) is 11.6 Å². The predicted molar refractivity (Wildman–Crippen MR) is 110 cm³/mol. The fourth-order valence-corrected chi connectivity index (χ4v) is 3.56. The number of rotatable bonds is 5. The fraction of sp³-hybridized carbons (Fsp3) is 0.350. The van der Waals surface area contributed by atoms with Crippen LogP contribution in [-0.4, -0.2) is 52.6 Å². The van der Waals surface area contributed by atoms with Crippen molar-refractivity contribution in [3.63, 3.8) is 0 Å². The quantitative estimate of drug-likeness (QED) is 0.729. The zero-order valence-corrected chi connectivity index (χ0v) is 16.2. The molecule has 1 saturated heterocycles. The normalized spacial score (nSPS) is 15.3. The van der Waals surface area contributed by atoms with E-state index >= 15 is 0 Å². The summed E-state index contributed by atoms with van der Waals surface area (Å²) in [6, 6.07) is 9.86. The van der Waals surface area contributed by atoms with Gasteiger partial charge in [0.15, 0.2) is 0 Å². The number of hydrogen-bond acceptors (Lipinski definition) is 6. The van der Waals surface area contributed by atoms with Crippen molar-refractivity contribution in [2.45, 2.75) is 13.5 Å². The lowest BCUT2D eigenvalue weighted by Gasteiger charge is -2.34. The summed E-state index contributed by atoms with van der Waals surface area (Å²) in [5.41, 5.74) is 2.02. The van der Waals surface area contributed by atoms with Crippen molar-refractivity contribution in [3.05, 3.63) is 53.4 Å². The lowest BCUT2D eigenvalue weighted by molar-refractivity contribution is 0.270. The molecule has 27 heavy (non-hydrogen) atoms. The van der Waals surface area contributed by atoms with Gasteiger partial charge in [-0.05, 0) is 42.4 Å². The highest BCUT2D eigenvalue weighted by atomic mass is 35.5. The minimum atomic E-state index is 0.675. The van der Waals surface area contributed by atoms with Crippen molar-refractivity contribution in [1.82, 2.24) is 19.9 Å². The Balaban J connectivity index is 1.46. The average molecular weight is 383 g/mol. The van der Waals surface area contributed by atoms with Gasteiger partial charge in [-0.2, -0.15) is 0 Å². The van der Waals surface area contributed by atoms with E-state index in [2.05, 4.69) is 43.1 Å². The average Bonchev–Trinajstić information content (AvgIpc) is 2.72. The molecule has 0 radical (unpaired) electrons. The zero-order valence-electron chi connectivity index (χ0n) is 15.4. The van der Waals surface area contributed by atoms with E-state index in [-0.39, 0.29) is 0 Å². The van der Waals surface area contributed by atoms with Crippen LogP contribution in [0.4, 0.5) is 11.6 Å². The van der Waals surface area contributed by atoms with Crippen LogP contribution in [0.25, 0.3) is 10.9 Å². The Hall–Kier alpha value is -2.44. The first-order valence-corrected chi connectivity index (χ1v) is 9.67. The number of anilines is 2. The smallest absolute Gasteiger partial charge is 0.137 e. The van der Waals surface area contributed by atoms with Crippen LogP contribution in [0.2, 0.25) is 5.02 Å². The molecule has 0 atom stereocenters. The third-order valence-electron chi connectivity index (χ3n) is 5.01. The number of aromatic nitrogens is 3. The van der Waals surface area contributed by atoms with Crippen molar-refractivity contribution in [3.8, 4) is 0 Å². The molecule has 1 aliphatic rings. The summed E-state index contributed by atoms with van der Waals surface area (Å²) in [6.45, 7) is 8.24. The van der Waals surface area contributed by atoms with Crippen molar-refractivity contribution in [1.29, 1.82) is 0 Å². The minimum absolute atomic E-state index is 0.675. The topological polar surface area (TPSA) is 57.2 Å². The van der Waals surface area contributed by atoms with Crippen molar-refractivity contribution < 1.29 is 0 Å². The monoisotopic (exact) mass is 382 g/mol. The number of nitrogens with one attached hydrogen (secondary N) is 1. The molecule has 4 rings (SSSR count). The highest BCUT2D eigenvalue weighted by Crippen LogP contribution is 2.23. The van der Waals surface area contributed by atoms with Crippen molar-refractivity contribution >= 4 is 34.1 Å². The van der Waals surface area contributed by atoms with Gasteiger partial charge < -0.3 is 15.1 Å². The second-order valence-electron chi connectivity index (χ2n) is 6.68. The van der Waals surface area contributed by atoms with Gasteiger partial charge in [0.25, 0.3) is 0 Å². The fourth-order valence-electron chi connectivity index (χ4n) is 3.39. The first kappa shape index (κ1) is 17.9. The number of halogens is 1. The Bertz CT molecular complexity index is 923. The van der Waals surface area contributed by atoms with Gasteiger partial charge in [-0.3, -0.25) is 0 Å². The summed E-state index contributed by atoms with van der Waals surface area (Å²) in [5, 5.41) is 5.06. The van der Waals surface area contributed by atoms with Crippen LogP contribution in [0.15, 0.2) is 42.9 Å². The highest BCUT2D eigenvalue weighted by Gasteiger charge is 2.16. The summed E-state index contributed by atoms with van der Waals surface area (Å²) in [4.78, 5) is 18.1. The third kappa shape index (κ3) is 4.12. The molecule has 1 N–H and O–H groups in total. The van der Waals surface area contributed by atoms with E-state index in [0.717, 1.165) is 55.3 Å². The van der Waals surface area contributed by atoms with E-state index in [1.165, 1.54) is 5.56 Å². The molecule has 2 aromatic heterocycles. The number of likely N-dealkylation sites (N-methyl/N-ethyl adjacent to an activating group) is 1. The van der Waals surface area contributed by atoms with Crippen LogP contribution in [0.3, 0.4) is 0 Å². The van der Waals surface area contributed by atoms with Crippen molar-refractivity contribution in [2.24, 2.45) is 0 Å². The molecule has 0 unspecified atom stereocenters. The molecule has 0 bridgehead atoms. The zero-order chi connectivity index (χ0) is 18.6. The van der Waals surface area contributed by atoms with E-state index in [9.17, 15) is 0 Å². The number of pyridine rings is 1. The Morgan fingerprint density at radius 3 is 2.70 bits per heavy atom. The summed E-state index contributed by atoms with van der Waals surface area (Å²) in [6.07, 6.45) is 3.45. The number of piperazine rings is 1. The summed E-state index contributed by atoms with van der Waals surface area (Å²) in [7, 11) is 0. The van der Waals surface area contributed by atoms with Gasteiger partial charge in [0, 0.05) is 49.3 Å². The summed E-state index contributed by atoms with van der Waals surface area (Å²) >= 11 is 6.06. The first-order valence-electron chi connectivity index (χ1n) is 9.29. The molecule has 3 heterocycles. The van der Waals surface area contributed by atoms with Crippen LogP contribution in [0.1, 0.15) is 12.5 Å². The Kier molecular flexibility index (Phi) is 5.36. The molecule has 7 heteroatoms. The standard InChI is InChI=1S/C20H23ClN6/c1-2-26-7-9-27(10-8-26)19-11-15(5-6-22-19)13-23-20-17-4-3-16(21)12-18(17)24-14-25-20/h3-6,11-12,14H,2,7-10,13H2,1H3,(H,23,24,25). The Morgan fingerprint density at radius 1 is 1.04 bits per heavy atom. The van der Waals surface area contributed by atoms with Gasteiger partial charge in [-0.15, -0.1) is 0 Å². The SMILES string of the molecule is CCN1CCN(c2cc(CNc3ncnc4cc(Cl)ccc34)ccn2)CC1. The largest absolute Gasteiger partial charge is 0.365 e. The van der Waals surface area contributed by atoms with Gasteiger partial charge in [0.05, 0.1) is 5.52 Å². The molecule has 0 amide bonds. The van der Waals surface area contributed by atoms with E-state index in [4.69, 9.17) is 11.6 Å². The van der Waals surface area contributed by atoms with Gasteiger partial charge in [-0.25, -0.2) is 15.0 Å². The number of benzene rings is 1. The first-order chi connectivity index (χ1) is 13.2. The maximum absolute atomic E-state index is 6.06. The van der Waals surface area contributed by atoms with Gasteiger partial charge in [0.1, 0.15) is 18.0 Å². The maximum atomic E-state index is 6.06. The molecule has 0 aliphatic carbocycles. The highest BCUT2D eigenvalue weighted by molar-refractivity contribution is 6.31. The third-order valence-corrected chi connectivity index (χ3v) is 5.25. The second kappa shape index (κ2) is 8.06. The predicted octanol–water partition coefficient (Wildman–Crippen LogP) is 3.43. The molecule has 0 saturated carbocycles. The Labute approximate surface area is 164 Å². The van der Waals surface area contributed by atoms with Gasteiger partial charge >= 0.3 is 0 Å². The number of nitrogens with zero attached hydrogens (tertiary/aromatic N) is 5. The van der Waals surface area contributed by atoms with Gasteiger partial charge in [-0.1, -0.05) is 18.5 Å². The molecule has 6 nitrogen and oxygen atoms in total. The molecule has 3 aromatic rings. The van der Waals surface area contributed by atoms with Crippen LogP contribution in [0.5, 0.6) is 0 Å². The van der Waals surface area contributed by atoms with E-state index in [1.807, 2.05) is 30.5 Å².